The third-order valence-corrected chi connectivity index (χ3v) is 4.89. The summed E-state index contributed by atoms with van der Waals surface area (Å²) in [4.78, 5) is 25.9. The fourth-order valence-electron chi connectivity index (χ4n) is 3.81. The number of hydrogen-bond donors (Lipinski definition) is 2. The summed E-state index contributed by atoms with van der Waals surface area (Å²) in [5, 5.41) is 21.2. The molecule has 2 aromatic rings. The number of hydrogen-bond acceptors (Lipinski definition) is 5. The third-order valence-electron chi connectivity index (χ3n) is 4.89. The molecule has 2 aliphatic carbocycles. The number of ether oxygens (including phenoxy) is 1. The van der Waals surface area contributed by atoms with Gasteiger partial charge in [-0.25, -0.2) is 0 Å². The number of fused-ring (bicyclic) bond motifs is 3. The Hall–Kier alpha value is -2.92. The van der Waals surface area contributed by atoms with Crippen LogP contribution in [0.1, 0.15) is 55.5 Å². The van der Waals surface area contributed by atoms with Crippen LogP contribution in [0.2, 0.25) is 0 Å². The number of benzene rings is 2. The van der Waals surface area contributed by atoms with E-state index in [-0.39, 0.29) is 33.8 Å². The molecule has 25 heavy (non-hydrogen) atoms. The van der Waals surface area contributed by atoms with E-state index in [1.165, 1.54) is 7.11 Å². The van der Waals surface area contributed by atoms with Crippen LogP contribution in [0.25, 0.3) is 0 Å². The van der Waals surface area contributed by atoms with Crippen molar-refractivity contribution < 1.29 is 24.5 Å². The van der Waals surface area contributed by atoms with E-state index in [0.29, 0.717) is 24.0 Å². The second-order valence-electron chi connectivity index (χ2n) is 6.37. The van der Waals surface area contributed by atoms with Crippen LogP contribution in [0, 0.1) is 0 Å². The van der Waals surface area contributed by atoms with Crippen molar-refractivity contribution in [3.8, 4) is 11.5 Å². The van der Waals surface area contributed by atoms with Crippen LogP contribution in [0.5, 0.6) is 11.5 Å². The zero-order valence-electron chi connectivity index (χ0n) is 13.6. The van der Waals surface area contributed by atoms with Crippen LogP contribution >= 0.6 is 0 Å². The van der Waals surface area contributed by atoms with E-state index in [9.17, 15) is 19.8 Å². The van der Waals surface area contributed by atoms with Crippen molar-refractivity contribution in [3.63, 3.8) is 0 Å². The van der Waals surface area contributed by atoms with Crippen LogP contribution in [0.4, 0.5) is 0 Å². The minimum absolute atomic E-state index is 0.0222. The molecule has 0 aliphatic heterocycles. The van der Waals surface area contributed by atoms with Crippen LogP contribution in [0.15, 0.2) is 36.4 Å². The number of aliphatic hydroxyl groups excluding tert-OH is 1. The van der Waals surface area contributed by atoms with Gasteiger partial charge >= 0.3 is 0 Å². The smallest absolute Gasteiger partial charge is 0.198 e. The van der Waals surface area contributed by atoms with E-state index >= 15 is 0 Å². The van der Waals surface area contributed by atoms with E-state index < -0.39 is 17.7 Å². The second-order valence-corrected chi connectivity index (χ2v) is 6.37. The summed E-state index contributed by atoms with van der Waals surface area (Å²) in [6, 6.07) is 6.50. The first-order valence-electron chi connectivity index (χ1n) is 7.94. The number of phenols is 1. The first-order valence-corrected chi connectivity index (χ1v) is 7.94. The molecule has 2 aromatic carbocycles. The molecule has 0 bridgehead atoms. The van der Waals surface area contributed by atoms with Gasteiger partial charge < -0.3 is 14.9 Å². The topological polar surface area (TPSA) is 83.8 Å². The first kappa shape index (κ1) is 15.6. The first-order chi connectivity index (χ1) is 12.0. The molecule has 0 aromatic heterocycles. The lowest BCUT2D eigenvalue weighted by molar-refractivity contribution is 0.0972. The lowest BCUT2D eigenvalue weighted by Crippen LogP contribution is -2.25. The van der Waals surface area contributed by atoms with Gasteiger partial charge in [-0.15, -0.1) is 0 Å². The summed E-state index contributed by atoms with van der Waals surface area (Å²) in [5.41, 5.74) is 2.01. The molecule has 0 fully saturated rings. The van der Waals surface area contributed by atoms with Crippen molar-refractivity contribution >= 4 is 11.6 Å². The quantitative estimate of drug-likeness (QED) is 0.668. The number of methoxy groups -OCH3 is 1. The van der Waals surface area contributed by atoms with Gasteiger partial charge in [-0.2, -0.15) is 0 Å². The third kappa shape index (κ3) is 1.99. The van der Waals surface area contributed by atoms with Gasteiger partial charge in [-0.1, -0.05) is 36.4 Å². The van der Waals surface area contributed by atoms with Gasteiger partial charge in [-0.3, -0.25) is 9.59 Å². The highest BCUT2D eigenvalue weighted by Crippen LogP contribution is 2.49. The lowest BCUT2D eigenvalue weighted by Gasteiger charge is -2.30. The number of phenolic OH excluding ortho intramolecular Hbond substituents is 1. The molecule has 0 spiro atoms. The SMILES string of the molecule is C=C1Cc2c(O)c3c(c(OC)c2[C@H](O)C1)C(=O)c1ccccc1C3=O. The summed E-state index contributed by atoms with van der Waals surface area (Å²) in [6.07, 6.45) is -0.298. The predicted molar refractivity (Wildman–Crippen MR) is 90.4 cm³/mol. The highest BCUT2D eigenvalue weighted by molar-refractivity contribution is 6.30. The average Bonchev–Trinajstić information content (AvgIpc) is 2.60. The van der Waals surface area contributed by atoms with Crippen LogP contribution < -0.4 is 4.74 Å². The maximum absolute atomic E-state index is 13.0. The van der Waals surface area contributed by atoms with Crippen molar-refractivity contribution in [1.29, 1.82) is 0 Å². The summed E-state index contributed by atoms with van der Waals surface area (Å²) >= 11 is 0. The summed E-state index contributed by atoms with van der Waals surface area (Å²) in [5.74, 6) is -0.916. The maximum atomic E-state index is 13.0. The van der Waals surface area contributed by atoms with Gasteiger partial charge in [0.25, 0.3) is 0 Å². The van der Waals surface area contributed by atoms with Gasteiger partial charge in [0.05, 0.1) is 24.3 Å². The zero-order chi connectivity index (χ0) is 17.9. The lowest BCUT2D eigenvalue weighted by atomic mass is 9.76. The number of aliphatic hydroxyl groups is 1. The monoisotopic (exact) mass is 336 g/mol. The molecule has 126 valence electrons. The fraction of sp³-hybridized carbons (Fsp3) is 0.200. The number of carbonyl (C=O) groups excluding carboxylic acids is 2. The van der Waals surface area contributed by atoms with Gasteiger partial charge in [0.1, 0.15) is 11.5 Å². The Kier molecular flexibility index (Phi) is 3.30. The molecule has 0 amide bonds. The Labute approximate surface area is 144 Å². The Morgan fingerprint density at radius 2 is 1.72 bits per heavy atom. The molecule has 1 atom stereocenters. The highest BCUT2D eigenvalue weighted by Gasteiger charge is 2.40. The summed E-state index contributed by atoms with van der Waals surface area (Å²) in [7, 11) is 1.39. The normalized spacial score (nSPS) is 18.5. The molecule has 0 radical (unpaired) electrons. The van der Waals surface area contributed by atoms with E-state index in [0.717, 1.165) is 5.57 Å². The van der Waals surface area contributed by atoms with Gasteiger partial charge in [0.15, 0.2) is 11.6 Å². The molecular weight excluding hydrogens is 320 g/mol. The van der Waals surface area contributed by atoms with Crippen molar-refractivity contribution in [2.24, 2.45) is 0 Å². The van der Waals surface area contributed by atoms with Gasteiger partial charge in [-0.05, 0) is 12.8 Å². The molecule has 0 unspecified atom stereocenters. The molecular formula is C20H16O5. The standard InChI is InChI=1S/C20H16O5/c1-9-7-12-14(13(21)8-9)20(25-2)16-15(19(12)24)17(22)10-5-3-4-6-11(10)18(16)23/h3-6,13,21,24H,1,7-8H2,2H3/t13-/m1/s1. The molecule has 5 heteroatoms. The molecule has 0 saturated carbocycles. The fourth-order valence-corrected chi connectivity index (χ4v) is 3.81. The Morgan fingerprint density at radius 1 is 1.12 bits per heavy atom. The molecule has 2 aliphatic rings. The van der Waals surface area contributed by atoms with Crippen molar-refractivity contribution in [2.75, 3.05) is 7.11 Å². The Bertz CT molecular complexity index is 971. The summed E-state index contributed by atoms with van der Waals surface area (Å²) in [6.45, 7) is 3.88. The van der Waals surface area contributed by atoms with Gasteiger partial charge in [0.2, 0.25) is 0 Å². The Balaban J connectivity index is 2.11. The van der Waals surface area contributed by atoms with E-state index in [1.54, 1.807) is 24.3 Å². The van der Waals surface area contributed by atoms with E-state index in [2.05, 4.69) is 6.58 Å². The molecule has 0 heterocycles. The second kappa shape index (κ2) is 5.29. The van der Waals surface area contributed by atoms with Crippen molar-refractivity contribution in [3.05, 3.63) is 69.8 Å². The predicted octanol–water partition coefficient (Wildman–Crippen LogP) is 2.71. The van der Waals surface area contributed by atoms with Crippen LogP contribution in [0.3, 0.4) is 0 Å². The number of aromatic hydroxyl groups is 1. The van der Waals surface area contributed by atoms with Crippen molar-refractivity contribution in [2.45, 2.75) is 18.9 Å². The maximum Gasteiger partial charge on any atom is 0.198 e. The minimum atomic E-state index is -0.942. The van der Waals surface area contributed by atoms with Crippen LogP contribution in [-0.4, -0.2) is 28.9 Å². The zero-order valence-corrected chi connectivity index (χ0v) is 13.6. The van der Waals surface area contributed by atoms with E-state index in [4.69, 9.17) is 4.74 Å². The van der Waals surface area contributed by atoms with E-state index in [1.807, 2.05) is 0 Å². The molecule has 2 N–H and O–H groups in total. The van der Waals surface area contributed by atoms with Crippen LogP contribution in [-0.2, 0) is 6.42 Å². The average molecular weight is 336 g/mol. The number of carbonyl (C=O) groups is 2. The molecule has 4 rings (SSSR count). The molecule has 0 saturated heterocycles. The van der Waals surface area contributed by atoms with Gasteiger partial charge in [0, 0.05) is 22.3 Å². The minimum Gasteiger partial charge on any atom is -0.507 e. The summed E-state index contributed by atoms with van der Waals surface area (Å²) < 4.78 is 5.43. The highest BCUT2D eigenvalue weighted by atomic mass is 16.5. The number of ketones is 2. The largest absolute Gasteiger partial charge is 0.507 e. The number of rotatable bonds is 1. The van der Waals surface area contributed by atoms with Crippen molar-refractivity contribution in [1.82, 2.24) is 0 Å². The Morgan fingerprint density at radius 3 is 2.32 bits per heavy atom. The molecule has 5 nitrogen and oxygen atoms in total.